The molecule has 1 fully saturated rings. The first-order chi connectivity index (χ1) is 12.6. The summed E-state index contributed by atoms with van der Waals surface area (Å²) in [5.41, 5.74) is 1.58. The van der Waals surface area contributed by atoms with Gasteiger partial charge in [0.05, 0.1) is 23.9 Å². The number of nitrogens with one attached hydrogen (secondary N) is 2. The van der Waals surface area contributed by atoms with Gasteiger partial charge in [-0.1, -0.05) is 30.3 Å². The summed E-state index contributed by atoms with van der Waals surface area (Å²) in [5.74, 6) is -0.473. The number of β-amino-alcohol motifs (C(OH)–C–C–N with tert-alkyl or cyclic N) is 1. The molecule has 0 aromatic heterocycles. The standard InChI is InChI=1S/C20H23N3O3/c24-16-9-6-12-23(13-16)14-19(25)22-18-11-5-4-10-17(18)20(26)21-15-7-2-1-3-8-15/h1-5,7-8,10-11,16,24H,6,9,12-14H2,(H,21,26)(H,22,25). The largest absolute Gasteiger partial charge is 0.392 e. The van der Waals surface area contributed by atoms with E-state index in [1.165, 1.54) is 0 Å². The highest BCUT2D eigenvalue weighted by Crippen LogP contribution is 2.18. The fraction of sp³-hybridized carbons (Fsp3) is 0.300. The van der Waals surface area contributed by atoms with E-state index < -0.39 is 0 Å². The van der Waals surface area contributed by atoms with Crippen LogP contribution in [0.5, 0.6) is 0 Å². The van der Waals surface area contributed by atoms with Gasteiger partial charge < -0.3 is 15.7 Å². The summed E-state index contributed by atoms with van der Waals surface area (Å²) in [6.07, 6.45) is 1.28. The predicted molar refractivity (Wildman–Crippen MR) is 101 cm³/mol. The Balaban J connectivity index is 1.65. The predicted octanol–water partition coefficient (Wildman–Crippen LogP) is 2.33. The molecule has 1 aliphatic rings. The van der Waals surface area contributed by atoms with Crippen molar-refractivity contribution in [1.82, 2.24) is 4.90 Å². The van der Waals surface area contributed by atoms with Crippen LogP contribution in [0.2, 0.25) is 0 Å². The maximum absolute atomic E-state index is 12.5. The molecule has 0 bridgehead atoms. The number of aliphatic hydroxyl groups excluding tert-OH is 1. The second-order valence-corrected chi connectivity index (χ2v) is 6.45. The Bertz CT molecular complexity index is 764. The number of anilines is 2. The van der Waals surface area contributed by atoms with E-state index in [2.05, 4.69) is 10.6 Å². The number of rotatable bonds is 5. The number of piperidine rings is 1. The molecule has 6 nitrogen and oxygen atoms in total. The van der Waals surface area contributed by atoms with Crippen molar-refractivity contribution >= 4 is 23.2 Å². The lowest BCUT2D eigenvalue weighted by molar-refractivity contribution is -0.118. The first-order valence-electron chi connectivity index (χ1n) is 8.77. The normalized spacial score (nSPS) is 17.5. The average Bonchev–Trinajstić information content (AvgIpc) is 2.63. The summed E-state index contributed by atoms with van der Waals surface area (Å²) in [7, 11) is 0. The Morgan fingerprint density at radius 1 is 1.04 bits per heavy atom. The first kappa shape index (κ1) is 18.1. The summed E-state index contributed by atoms with van der Waals surface area (Å²) in [6, 6.07) is 16.1. The van der Waals surface area contributed by atoms with E-state index in [4.69, 9.17) is 0 Å². The van der Waals surface area contributed by atoms with Gasteiger partial charge in [-0.15, -0.1) is 0 Å². The molecule has 0 aliphatic carbocycles. The van der Waals surface area contributed by atoms with Crippen LogP contribution in [0.25, 0.3) is 0 Å². The lowest BCUT2D eigenvalue weighted by Gasteiger charge is -2.29. The van der Waals surface area contributed by atoms with Gasteiger partial charge in [0.25, 0.3) is 5.91 Å². The molecule has 0 saturated carbocycles. The lowest BCUT2D eigenvalue weighted by Crippen LogP contribution is -2.42. The number of likely N-dealkylation sites (tertiary alicyclic amines) is 1. The summed E-state index contributed by atoms with van der Waals surface area (Å²) >= 11 is 0. The molecule has 1 heterocycles. The lowest BCUT2D eigenvalue weighted by atomic mass is 10.1. The zero-order valence-corrected chi connectivity index (χ0v) is 14.5. The van der Waals surface area contributed by atoms with Crippen molar-refractivity contribution in [3.8, 4) is 0 Å². The second-order valence-electron chi connectivity index (χ2n) is 6.45. The SMILES string of the molecule is O=C(CN1CCCC(O)C1)Nc1ccccc1C(=O)Nc1ccccc1. The van der Waals surface area contributed by atoms with Crippen molar-refractivity contribution < 1.29 is 14.7 Å². The molecule has 2 amide bonds. The smallest absolute Gasteiger partial charge is 0.257 e. The number of hydrogen-bond donors (Lipinski definition) is 3. The maximum atomic E-state index is 12.5. The highest BCUT2D eigenvalue weighted by molar-refractivity contribution is 6.10. The maximum Gasteiger partial charge on any atom is 0.257 e. The minimum atomic E-state index is -0.375. The zero-order valence-electron chi connectivity index (χ0n) is 14.5. The van der Waals surface area contributed by atoms with Gasteiger partial charge in [-0.05, 0) is 43.7 Å². The molecule has 2 aromatic carbocycles. The van der Waals surface area contributed by atoms with Gasteiger partial charge in [0, 0.05) is 12.2 Å². The Labute approximate surface area is 152 Å². The van der Waals surface area contributed by atoms with E-state index in [-0.39, 0.29) is 24.5 Å². The van der Waals surface area contributed by atoms with Crippen LogP contribution in [0.15, 0.2) is 54.6 Å². The summed E-state index contributed by atoms with van der Waals surface area (Å²) < 4.78 is 0. The van der Waals surface area contributed by atoms with Gasteiger partial charge in [-0.25, -0.2) is 0 Å². The van der Waals surface area contributed by atoms with Gasteiger partial charge >= 0.3 is 0 Å². The molecule has 26 heavy (non-hydrogen) atoms. The number of carbonyl (C=O) groups is 2. The van der Waals surface area contributed by atoms with Crippen LogP contribution in [-0.4, -0.2) is 47.6 Å². The van der Waals surface area contributed by atoms with E-state index in [1.54, 1.807) is 36.4 Å². The molecule has 1 unspecified atom stereocenters. The Hall–Kier alpha value is -2.70. The van der Waals surface area contributed by atoms with Crippen molar-refractivity contribution in [2.45, 2.75) is 18.9 Å². The molecule has 0 radical (unpaired) electrons. The van der Waals surface area contributed by atoms with E-state index >= 15 is 0 Å². The molecule has 1 atom stereocenters. The molecule has 1 saturated heterocycles. The summed E-state index contributed by atoms with van der Waals surface area (Å²) in [5, 5.41) is 15.4. The Kier molecular flexibility index (Phi) is 5.99. The monoisotopic (exact) mass is 353 g/mol. The molecule has 136 valence electrons. The number of aliphatic hydroxyl groups is 1. The molecule has 3 rings (SSSR count). The third-order valence-corrected chi connectivity index (χ3v) is 4.33. The zero-order chi connectivity index (χ0) is 18.4. The molecule has 3 N–H and O–H groups in total. The quantitative estimate of drug-likeness (QED) is 0.771. The number of amides is 2. The number of para-hydroxylation sites is 2. The van der Waals surface area contributed by atoms with Crippen LogP contribution in [0.1, 0.15) is 23.2 Å². The van der Waals surface area contributed by atoms with E-state index in [1.807, 2.05) is 23.1 Å². The van der Waals surface area contributed by atoms with Crippen LogP contribution >= 0.6 is 0 Å². The molecule has 2 aromatic rings. The van der Waals surface area contributed by atoms with E-state index in [0.29, 0.717) is 23.5 Å². The molecule has 6 heteroatoms. The van der Waals surface area contributed by atoms with E-state index in [9.17, 15) is 14.7 Å². The minimum Gasteiger partial charge on any atom is -0.392 e. The fourth-order valence-electron chi connectivity index (χ4n) is 3.08. The number of nitrogens with zero attached hydrogens (tertiary/aromatic N) is 1. The van der Waals surface area contributed by atoms with Gasteiger partial charge in [0.15, 0.2) is 0 Å². The minimum absolute atomic E-state index is 0.195. The molecular formula is C20H23N3O3. The fourth-order valence-corrected chi connectivity index (χ4v) is 3.08. The van der Waals surface area contributed by atoms with Crippen molar-refractivity contribution in [2.24, 2.45) is 0 Å². The first-order valence-corrected chi connectivity index (χ1v) is 8.77. The van der Waals surface area contributed by atoms with Gasteiger partial charge in [0.1, 0.15) is 0 Å². The molecule has 0 spiro atoms. The Morgan fingerprint density at radius 2 is 1.77 bits per heavy atom. The van der Waals surface area contributed by atoms with Gasteiger partial charge in [0.2, 0.25) is 5.91 Å². The average molecular weight is 353 g/mol. The van der Waals surface area contributed by atoms with Crippen LogP contribution in [0, 0.1) is 0 Å². The third kappa shape index (κ3) is 4.91. The summed E-state index contributed by atoms with van der Waals surface area (Å²) in [4.78, 5) is 26.8. The third-order valence-electron chi connectivity index (χ3n) is 4.33. The van der Waals surface area contributed by atoms with Crippen molar-refractivity contribution in [2.75, 3.05) is 30.3 Å². The summed E-state index contributed by atoms with van der Waals surface area (Å²) in [6.45, 7) is 1.50. The molecule has 1 aliphatic heterocycles. The van der Waals surface area contributed by atoms with Crippen LogP contribution < -0.4 is 10.6 Å². The highest BCUT2D eigenvalue weighted by atomic mass is 16.3. The number of hydrogen-bond acceptors (Lipinski definition) is 4. The van der Waals surface area contributed by atoms with Gasteiger partial charge in [-0.3, -0.25) is 14.5 Å². The second kappa shape index (κ2) is 8.60. The Morgan fingerprint density at radius 3 is 2.54 bits per heavy atom. The van der Waals surface area contributed by atoms with E-state index in [0.717, 1.165) is 19.4 Å². The van der Waals surface area contributed by atoms with Crippen molar-refractivity contribution in [1.29, 1.82) is 0 Å². The van der Waals surface area contributed by atoms with Crippen molar-refractivity contribution in [3.05, 3.63) is 60.2 Å². The number of carbonyl (C=O) groups excluding carboxylic acids is 2. The number of benzene rings is 2. The molecular weight excluding hydrogens is 330 g/mol. The highest BCUT2D eigenvalue weighted by Gasteiger charge is 2.20. The van der Waals surface area contributed by atoms with Crippen LogP contribution in [-0.2, 0) is 4.79 Å². The van der Waals surface area contributed by atoms with Crippen LogP contribution in [0.4, 0.5) is 11.4 Å². The topological polar surface area (TPSA) is 81.7 Å². The van der Waals surface area contributed by atoms with Crippen molar-refractivity contribution in [3.63, 3.8) is 0 Å². The van der Waals surface area contributed by atoms with Gasteiger partial charge in [-0.2, -0.15) is 0 Å². The van der Waals surface area contributed by atoms with Crippen LogP contribution in [0.3, 0.4) is 0 Å².